The van der Waals surface area contributed by atoms with E-state index in [-0.39, 0.29) is 0 Å². The lowest BCUT2D eigenvalue weighted by molar-refractivity contribution is 0.685. The fourth-order valence-corrected chi connectivity index (χ4v) is 2.03. The molecule has 18 heavy (non-hydrogen) atoms. The average Bonchev–Trinajstić information content (AvgIpc) is 3.13. The summed E-state index contributed by atoms with van der Waals surface area (Å²) in [4.78, 5) is 8.66. The summed E-state index contributed by atoms with van der Waals surface area (Å²) in [5, 5.41) is 3.51. The highest BCUT2D eigenvalue weighted by molar-refractivity contribution is 5.21. The Morgan fingerprint density at radius 3 is 2.89 bits per heavy atom. The number of hydrogen-bond donors (Lipinski definition) is 1. The molecule has 2 aromatic heterocycles. The molecule has 0 saturated heterocycles. The van der Waals surface area contributed by atoms with Gasteiger partial charge in [-0.2, -0.15) is 0 Å². The zero-order valence-corrected chi connectivity index (χ0v) is 10.6. The first-order valence-electron chi connectivity index (χ1n) is 6.43. The van der Waals surface area contributed by atoms with Crippen LogP contribution in [0.4, 0.5) is 0 Å². The van der Waals surface area contributed by atoms with Crippen molar-refractivity contribution in [3.8, 4) is 0 Å². The first-order valence-corrected chi connectivity index (χ1v) is 6.43. The lowest BCUT2D eigenvalue weighted by atomic mass is 10.1. The number of pyridine rings is 1. The van der Waals surface area contributed by atoms with Crippen molar-refractivity contribution in [3.05, 3.63) is 47.8 Å². The Morgan fingerprint density at radius 1 is 1.33 bits per heavy atom. The van der Waals surface area contributed by atoms with Crippen molar-refractivity contribution in [3.63, 3.8) is 0 Å². The topological polar surface area (TPSA) is 42.7 Å². The van der Waals surface area contributed by atoms with Crippen molar-refractivity contribution in [2.45, 2.75) is 31.8 Å². The first-order chi connectivity index (χ1) is 8.81. The lowest BCUT2D eigenvalue weighted by Crippen LogP contribution is -2.15. The van der Waals surface area contributed by atoms with Crippen LogP contribution in [0.5, 0.6) is 0 Å². The van der Waals surface area contributed by atoms with E-state index in [9.17, 15) is 0 Å². The number of rotatable bonds is 5. The predicted octanol–water partition coefficient (Wildman–Crippen LogP) is 1.66. The molecule has 1 aliphatic rings. The minimum absolute atomic E-state index is 0.739. The zero-order valence-electron chi connectivity index (χ0n) is 10.6. The maximum atomic E-state index is 4.34. The maximum Gasteiger partial charge on any atom is 0.112 e. The minimum Gasteiger partial charge on any atom is -0.338 e. The standard InChI is InChI=1S/C14H18N4/c1-18-5-4-16-14(18)7-11-6-12(9-15-8-11)10-17-13-2-3-13/h4-6,8-9,13,17H,2-3,7,10H2,1H3. The van der Waals surface area contributed by atoms with Crippen LogP contribution in [0.1, 0.15) is 29.8 Å². The van der Waals surface area contributed by atoms with Crippen LogP contribution in [0.2, 0.25) is 0 Å². The van der Waals surface area contributed by atoms with Crippen LogP contribution in [0.3, 0.4) is 0 Å². The number of aromatic nitrogens is 3. The second-order valence-corrected chi connectivity index (χ2v) is 4.99. The van der Waals surface area contributed by atoms with Gasteiger partial charge in [0.25, 0.3) is 0 Å². The summed E-state index contributed by atoms with van der Waals surface area (Å²) in [6.45, 7) is 0.923. The van der Waals surface area contributed by atoms with Crippen molar-refractivity contribution in [2.24, 2.45) is 7.05 Å². The van der Waals surface area contributed by atoms with Crippen molar-refractivity contribution < 1.29 is 0 Å². The maximum absolute atomic E-state index is 4.34. The van der Waals surface area contributed by atoms with Crippen LogP contribution in [-0.4, -0.2) is 20.6 Å². The molecule has 0 amide bonds. The number of hydrogen-bond acceptors (Lipinski definition) is 3. The molecule has 94 valence electrons. The summed E-state index contributed by atoms with van der Waals surface area (Å²) >= 11 is 0. The van der Waals surface area contributed by atoms with Gasteiger partial charge < -0.3 is 9.88 Å². The number of nitrogens with one attached hydrogen (secondary N) is 1. The van der Waals surface area contributed by atoms with Gasteiger partial charge in [0.05, 0.1) is 0 Å². The van der Waals surface area contributed by atoms with Crippen molar-refractivity contribution >= 4 is 0 Å². The van der Waals surface area contributed by atoms with Crippen molar-refractivity contribution in [1.29, 1.82) is 0 Å². The SMILES string of the molecule is Cn1ccnc1Cc1cncc(CNC2CC2)c1. The third-order valence-electron chi connectivity index (χ3n) is 3.31. The zero-order chi connectivity index (χ0) is 12.4. The average molecular weight is 242 g/mol. The molecule has 2 aromatic rings. The molecular weight excluding hydrogens is 224 g/mol. The molecule has 0 aromatic carbocycles. The molecule has 0 spiro atoms. The third kappa shape index (κ3) is 2.76. The van der Waals surface area contributed by atoms with E-state index in [1.807, 2.05) is 31.8 Å². The first kappa shape index (κ1) is 11.4. The molecule has 1 aliphatic carbocycles. The van der Waals surface area contributed by atoms with E-state index < -0.39 is 0 Å². The fourth-order valence-electron chi connectivity index (χ4n) is 2.03. The van der Waals surface area contributed by atoms with Gasteiger partial charge in [-0.15, -0.1) is 0 Å². The Bertz CT molecular complexity index is 528. The molecule has 2 heterocycles. The van der Waals surface area contributed by atoms with Crippen LogP contribution in [-0.2, 0) is 20.0 Å². The van der Waals surface area contributed by atoms with Crippen LogP contribution in [0.25, 0.3) is 0 Å². The molecule has 0 aliphatic heterocycles. The van der Waals surface area contributed by atoms with Crippen LogP contribution >= 0.6 is 0 Å². The molecule has 1 saturated carbocycles. The summed E-state index contributed by atoms with van der Waals surface area (Å²) in [6, 6.07) is 2.96. The second-order valence-electron chi connectivity index (χ2n) is 4.99. The molecule has 1 fully saturated rings. The van der Waals surface area contributed by atoms with Gasteiger partial charge in [-0.3, -0.25) is 4.98 Å². The van der Waals surface area contributed by atoms with Crippen molar-refractivity contribution in [1.82, 2.24) is 19.9 Å². The molecule has 0 bridgehead atoms. The third-order valence-corrected chi connectivity index (χ3v) is 3.31. The fraction of sp³-hybridized carbons (Fsp3) is 0.429. The normalized spacial score (nSPS) is 14.9. The molecular formula is C14H18N4. The van der Waals surface area contributed by atoms with E-state index in [2.05, 4.69) is 25.9 Å². The molecule has 1 N–H and O–H groups in total. The van der Waals surface area contributed by atoms with Crippen LogP contribution < -0.4 is 5.32 Å². The highest BCUT2D eigenvalue weighted by atomic mass is 15.0. The van der Waals surface area contributed by atoms with E-state index in [1.165, 1.54) is 24.0 Å². The molecule has 0 radical (unpaired) electrons. The van der Waals surface area contributed by atoms with Crippen molar-refractivity contribution in [2.75, 3.05) is 0 Å². The minimum atomic E-state index is 0.739. The van der Waals surface area contributed by atoms with Gasteiger partial charge in [-0.1, -0.05) is 6.07 Å². The highest BCUT2D eigenvalue weighted by Crippen LogP contribution is 2.19. The van der Waals surface area contributed by atoms with Gasteiger partial charge in [0.2, 0.25) is 0 Å². The van der Waals surface area contributed by atoms with Gasteiger partial charge >= 0.3 is 0 Å². The second kappa shape index (κ2) is 4.90. The predicted molar refractivity (Wildman–Crippen MR) is 70.1 cm³/mol. The van der Waals surface area contributed by atoms with Gasteiger partial charge in [0.15, 0.2) is 0 Å². The van der Waals surface area contributed by atoms with Crippen LogP contribution in [0.15, 0.2) is 30.9 Å². The van der Waals surface area contributed by atoms with E-state index >= 15 is 0 Å². The van der Waals surface area contributed by atoms with Gasteiger partial charge in [0, 0.05) is 50.8 Å². The Labute approximate surface area is 107 Å². The van der Waals surface area contributed by atoms with E-state index in [4.69, 9.17) is 0 Å². The summed E-state index contributed by atoms with van der Waals surface area (Å²) in [5.41, 5.74) is 2.48. The summed E-state index contributed by atoms with van der Waals surface area (Å²) in [6.07, 6.45) is 11.2. The monoisotopic (exact) mass is 242 g/mol. The number of aryl methyl sites for hydroxylation is 1. The van der Waals surface area contributed by atoms with Gasteiger partial charge in [0.1, 0.15) is 5.82 Å². The molecule has 3 rings (SSSR count). The lowest BCUT2D eigenvalue weighted by Gasteiger charge is -2.06. The quantitative estimate of drug-likeness (QED) is 0.867. The molecule has 4 nitrogen and oxygen atoms in total. The number of nitrogens with zero attached hydrogens (tertiary/aromatic N) is 3. The largest absolute Gasteiger partial charge is 0.338 e. The Balaban J connectivity index is 1.67. The van der Waals surface area contributed by atoms with E-state index in [0.29, 0.717) is 0 Å². The summed E-state index contributed by atoms with van der Waals surface area (Å²) in [5.74, 6) is 1.07. The molecule has 0 unspecified atom stereocenters. The molecule has 0 atom stereocenters. The number of imidazole rings is 1. The Morgan fingerprint density at radius 2 is 2.17 bits per heavy atom. The van der Waals surface area contributed by atoms with Crippen LogP contribution in [0, 0.1) is 0 Å². The van der Waals surface area contributed by atoms with E-state index in [0.717, 1.165) is 24.8 Å². The highest BCUT2D eigenvalue weighted by Gasteiger charge is 2.19. The summed E-state index contributed by atoms with van der Waals surface area (Å²) in [7, 11) is 2.02. The van der Waals surface area contributed by atoms with E-state index in [1.54, 1.807) is 0 Å². The molecule has 4 heteroatoms. The van der Waals surface area contributed by atoms with Gasteiger partial charge in [-0.25, -0.2) is 4.98 Å². The Hall–Kier alpha value is -1.68. The Kier molecular flexibility index (Phi) is 3.11. The smallest absolute Gasteiger partial charge is 0.112 e. The summed E-state index contributed by atoms with van der Waals surface area (Å²) < 4.78 is 2.05. The van der Waals surface area contributed by atoms with Gasteiger partial charge in [-0.05, 0) is 24.0 Å².